The lowest BCUT2D eigenvalue weighted by molar-refractivity contribution is -0.964. The molecule has 0 amide bonds. The molecule has 0 aromatic carbocycles. The second-order valence-electron chi connectivity index (χ2n) is 5.43. The monoisotopic (exact) mass is 170 g/mol. The maximum atomic E-state index is 2.40. The highest BCUT2D eigenvalue weighted by molar-refractivity contribution is 4.75. The summed E-state index contributed by atoms with van der Waals surface area (Å²) in [5.74, 6) is 1.89. The minimum absolute atomic E-state index is 0.883. The molecule has 1 aliphatic heterocycles. The van der Waals surface area contributed by atoms with Crippen LogP contribution in [0.1, 0.15) is 33.6 Å². The molecule has 0 aliphatic carbocycles. The molecule has 12 heavy (non-hydrogen) atoms. The molecule has 0 N–H and O–H groups in total. The maximum Gasteiger partial charge on any atom is 0.0940 e. The lowest BCUT2D eigenvalue weighted by Gasteiger charge is -2.51. The van der Waals surface area contributed by atoms with Crippen LogP contribution in [0.2, 0.25) is 0 Å². The third kappa shape index (κ3) is 2.01. The molecule has 1 nitrogen and oxygen atoms in total. The summed E-state index contributed by atoms with van der Waals surface area (Å²) in [6.45, 7) is 8.44. The summed E-state index contributed by atoms with van der Waals surface area (Å²) in [6, 6.07) is 0.892. The fraction of sp³-hybridized carbons (Fsp3) is 1.00. The first-order valence-electron chi connectivity index (χ1n) is 5.26. The fourth-order valence-corrected chi connectivity index (χ4v) is 2.24. The van der Waals surface area contributed by atoms with Gasteiger partial charge in [-0.05, 0) is 19.3 Å². The molecule has 1 aliphatic rings. The van der Waals surface area contributed by atoms with Gasteiger partial charge in [0.25, 0.3) is 0 Å². The van der Waals surface area contributed by atoms with Gasteiger partial charge in [-0.25, -0.2) is 0 Å². The van der Waals surface area contributed by atoms with E-state index in [1.165, 1.54) is 23.9 Å². The summed E-state index contributed by atoms with van der Waals surface area (Å²) in [4.78, 5) is 0. The largest absolute Gasteiger partial charge is 0.325 e. The van der Waals surface area contributed by atoms with Crippen LogP contribution in [0.15, 0.2) is 0 Å². The zero-order valence-corrected chi connectivity index (χ0v) is 9.30. The van der Waals surface area contributed by atoms with Crippen LogP contribution >= 0.6 is 0 Å². The molecule has 1 rings (SSSR count). The van der Waals surface area contributed by atoms with Gasteiger partial charge in [0.15, 0.2) is 0 Å². The van der Waals surface area contributed by atoms with Crippen LogP contribution in [-0.4, -0.2) is 31.2 Å². The molecule has 2 unspecified atom stereocenters. The molecule has 72 valence electrons. The van der Waals surface area contributed by atoms with E-state index in [-0.39, 0.29) is 0 Å². The van der Waals surface area contributed by atoms with Crippen LogP contribution < -0.4 is 0 Å². The standard InChI is InChI=1S/C11H24N/c1-9(2)6-7-11-8-12(4,5)10(11)3/h9-11H,6-8H2,1-5H3/q+1. The highest BCUT2D eigenvalue weighted by Gasteiger charge is 2.44. The van der Waals surface area contributed by atoms with Crippen LogP contribution in [0.4, 0.5) is 0 Å². The first kappa shape index (κ1) is 10.0. The first-order chi connectivity index (χ1) is 5.43. The van der Waals surface area contributed by atoms with Gasteiger partial charge < -0.3 is 4.48 Å². The van der Waals surface area contributed by atoms with Gasteiger partial charge in [-0.15, -0.1) is 0 Å². The average Bonchev–Trinajstić information content (AvgIpc) is 1.97. The van der Waals surface area contributed by atoms with Crippen molar-refractivity contribution in [1.29, 1.82) is 0 Å². The summed E-state index contributed by atoms with van der Waals surface area (Å²) < 4.78 is 1.24. The molecule has 2 atom stereocenters. The number of hydrogen-bond donors (Lipinski definition) is 0. The van der Waals surface area contributed by atoms with E-state index in [4.69, 9.17) is 0 Å². The zero-order chi connectivity index (χ0) is 9.35. The topological polar surface area (TPSA) is 0 Å². The summed E-state index contributed by atoms with van der Waals surface area (Å²) in [6.07, 6.45) is 2.86. The predicted molar refractivity (Wildman–Crippen MR) is 54.0 cm³/mol. The van der Waals surface area contributed by atoms with Gasteiger partial charge in [0, 0.05) is 0 Å². The first-order valence-corrected chi connectivity index (χ1v) is 5.26. The van der Waals surface area contributed by atoms with E-state index in [0.717, 1.165) is 17.9 Å². The molecular formula is C11H24N+. The van der Waals surface area contributed by atoms with Crippen LogP contribution in [0, 0.1) is 11.8 Å². The van der Waals surface area contributed by atoms with Crippen LogP contribution in [0.25, 0.3) is 0 Å². The van der Waals surface area contributed by atoms with Gasteiger partial charge in [0.2, 0.25) is 0 Å². The summed E-state index contributed by atoms with van der Waals surface area (Å²) in [5.41, 5.74) is 0. The number of likely N-dealkylation sites (tertiary alicyclic amines) is 1. The molecule has 0 radical (unpaired) electrons. The van der Waals surface area contributed by atoms with Gasteiger partial charge in [-0.3, -0.25) is 0 Å². The second-order valence-corrected chi connectivity index (χ2v) is 5.43. The Labute approximate surface area is 77.4 Å². The Bertz CT molecular complexity index is 149. The SMILES string of the molecule is CC(C)CCC1C[N+](C)(C)C1C. The van der Waals surface area contributed by atoms with E-state index in [1.807, 2.05) is 0 Å². The predicted octanol–water partition coefficient (Wildman–Crippen LogP) is 2.52. The molecule has 0 bridgehead atoms. The summed E-state index contributed by atoms with van der Waals surface area (Å²) in [7, 11) is 4.69. The highest BCUT2D eigenvalue weighted by Crippen LogP contribution is 2.33. The second kappa shape index (κ2) is 3.37. The van der Waals surface area contributed by atoms with E-state index in [0.29, 0.717) is 0 Å². The molecular weight excluding hydrogens is 146 g/mol. The number of quaternary nitrogens is 1. The molecule has 1 heterocycles. The van der Waals surface area contributed by atoms with Crippen molar-refractivity contribution in [1.82, 2.24) is 0 Å². The quantitative estimate of drug-likeness (QED) is 0.571. The fourth-order valence-electron chi connectivity index (χ4n) is 2.24. The third-order valence-corrected chi connectivity index (χ3v) is 3.60. The highest BCUT2D eigenvalue weighted by atomic mass is 15.4. The van der Waals surface area contributed by atoms with Crippen LogP contribution in [0.3, 0.4) is 0 Å². The van der Waals surface area contributed by atoms with Crippen molar-refractivity contribution in [3.05, 3.63) is 0 Å². The van der Waals surface area contributed by atoms with Crippen molar-refractivity contribution in [2.45, 2.75) is 39.7 Å². The molecule has 1 heteroatoms. The molecule has 1 saturated heterocycles. The number of rotatable bonds is 3. The van der Waals surface area contributed by atoms with Gasteiger partial charge in [-0.2, -0.15) is 0 Å². The van der Waals surface area contributed by atoms with E-state index in [9.17, 15) is 0 Å². The van der Waals surface area contributed by atoms with Crippen molar-refractivity contribution < 1.29 is 4.48 Å². The van der Waals surface area contributed by atoms with Gasteiger partial charge in [0.1, 0.15) is 0 Å². The van der Waals surface area contributed by atoms with Crippen molar-refractivity contribution in [2.75, 3.05) is 20.6 Å². The third-order valence-electron chi connectivity index (χ3n) is 3.60. The van der Waals surface area contributed by atoms with E-state index in [1.54, 1.807) is 0 Å². The molecule has 1 fully saturated rings. The number of hydrogen-bond acceptors (Lipinski definition) is 0. The Balaban J connectivity index is 2.22. The van der Waals surface area contributed by atoms with Gasteiger partial charge in [0.05, 0.1) is 32.6 Å². The van der Waals surface area contributed by atoms with Crippen LogP contribution in [-0.2, 0) is 0 Å². The molecule has 0 saturated carbocycles. The van der Waals surface area contributed by atoms with E-state index < -0.39 is 0 Å². The Morgan fingerprint density at radius 2 is 1.92 bits per heavy atom. The molecule has 0 aromatic heterocycles. The van der Waals surface area contributed by atoms with Crippen molar-refractivity contribution in [3.8, 4) is 0 Å². The molecule has 0 aromatic rings. The zero-order valence-electron chi connectivity index (χ0n) is 9.30. The minimum Gasteiger partial charge on any atom is -0.325 e. The van der Waals surface area contributed by atoms with Gasteiger partial charge in [-0.1, -0.05) is 20.3 Å². The minimum atomic E-state index is 0.883. The van der Waals surface area contributed by atoms with Crippen molar-refractivity contribution >= 4 is 0 Å². The average molecular weight is 170 g/mol. The Morgan fingerprint density at radius 3 is 2.25 bits per heavy atom. The Kier molecular flexibility index (Phi) is 2.82. The summed E-state index contributed by atoms with van der Waals surface area (Å²) in [5, 5.41) is 0. The molecule has 0 spiro atoms. The summed E-state index contributed by atoms with van der Waals surface area (Å²) >= 11 is 0. The van der Waals surface area contributed by atoms with E-state index in [2.05, 4.69) is 34.9 Å². The van der Waals surface area contributed by atoms with Crippen molar-refractivity contribution in [2.24, 2.45) is 11.8 Å². The van der Waals surface area contributed by atoms with Crippen LogP contribution in [0.5, 0.6) is 0 Å². The lowest BCUT2D eigenvalue weighted by Crippen LogP contribution is -2.64. The normalized spacial score (nSPS) is 33.5. The lowest BCUT2D eigenvalue weighted by atomic mass is 9.82. The smallest absolute Gasteiger partial charge is 0.0940 e. The van der Waals surface area contributed by atoms with Crippen molar-refractivity contribution in [3.63, 3.8) is 0 Å². The van der Waals surface area contributed by atoms with Gasteiger partial charge >= 0.3 is 0 Å². The number of nitrogens with zero attached hydrogens (tertiary/aromatic N) is 1. The Morgan fingerprint density at radius 1 is 1.33 bits per heavy atom. The van der Waals surface area contributed by atoms with E-state index >= 15 is 0 Å². The Hall–Kier alpha value is -0.0400. The maximum absolute atomic E-state index is 2.40.